The highest BCUT2D eigenvalue weighted by atomic mass is 16.6. The van der Waals surface area contributed by atoms with Crippen LogP contribution in [0.3, 0.4) is 0 Å². The second-order valence-corrected chi connectivity index (χ2v) is 11.1. The number of carbonyl (C=O) groups excluding carboxylic acids is 3. The van der Waals surface area contributed by atoms with E-state index in [-0.39, 0.29) is 30.9 Å². The number of carbonyl (C=O) groups is 3. The third-order valence-electron chi connectivity index (χ3n) is 6.59. The van der Waals surface area contributed by atoms with Crippen molar-refractivity contribution in [2.75, 3.05) is 13.2 Å². The molecule has 0 rings (SSSR count). The number of unbranched alkanes of at least 4 members (excludes halogenated alkanes) is 12. The first kappa shape index (κ1) is 37.0. The van der Waals surface area contributed by atoms with Gasteiger partial charge in [-0.05, 0) is 44.1 Å². The Labute approximate surface area is 239 Å². The van der Waals surface area contributed by atoms with Gasteiger partial charge in [-0.1, -0.05) is 110 Å². The Balaban J connectivity index is 3.56. The molecule has 6 heteroatoms. The molecule has 0 aromatic heterocycles. The molecule has 0 aromatic carbocycles. The molecular formula is C33H58O6. The van der Waals surface area contributed by atoms with Crippen molar-refractivity contribution in [3.8, 4) is 0 Å². The SMILES string of the molecule is CCCCCC(=O)/C=C/C=C\CCCCCCCC(=O)OC[C@@H](O)COC(=O)CCCCCCCCC(C)C. The summed E-state index contributed by atoms with van der Waals surface area (Å²) in [5.41, 5.74) is 0. The fourth-order valence-corrected chi connectivity index (χ4v) is 4.13. The van der Waals surface area contributed by atoms with Crippen LogP contribution in [-0.4, -0.2) is 42.1 Å². The lowest BCUT2D eigenvalue weighted by Gasteiger charge is -2.12. The number of rotatable bonds is 27. The van der Waals surface area contributed by atoms with Crippen LogP contribution in [-0.2, 0) is 23.9 Å². The van der Waals surface area contributed by atoms with E-state index in [1.807, 2.05) is 12.2 Å². The van der Waals surface area contributed by atoms with E-state index in [9.17, 15) is 19.5 Å². The van der Waals surface area contributed by atoms with E-state index in [1.54, 1.807) is 6.08 Å². The van der Waals surface area contributed by atoms with Crippen LogP contribution in [0.15, 0.2) is 24.3 Å². The van der Waals surface area contributed by atoms with Crippen molar-refractivity contribution in [2.24, 2.45) is 5.92 Å². The van der Waals surface area contributed by atoms with E-state index in [4.69, 9.17) is 9.47 Å². The molecule has 0 radical (unpaired) electrons. The molecule has 1 N–H and O–H groups in total. The summed E-state index contributed by atoms with van der Waals surface area (Å²) >= 11 is 0. The smallest absolute Gasteiger partial charge is 0.305 e. The number of ketones is 1. The molecule has 226 valence electrons. The second kappa shape index (κ2) is 27.6. The van der Waals surface area contributed by atoms with Gasteiger partial charge in [0.25, 0.3) is 0 Å². The van der Waals surface area contributed by atoms with Crippen LogP contribution in [0.25, 0.3) is 0 Å². The van der Waals surface area contributed by atoms with Crippen LogP contribution in [0.1, 0.15) is 143 Å². The third kappa shape index (κ3) is 28.9. The second-order valence-electron chi connectivity index (χ2n) is 11.1. The Bertz CT molecular complexity index is 667. The standard InChI is InChI=1S/C33H58O6/c1-4-5-17-23-30(34)24-19-14-9-7-6-8-10-15-20-25-32(36)38-27-31(35)28-39-33(37)26-21-16-12-11-13-18-22-29(2)3/h9,14,19,24,29,31,35H,4-8,10-13,15-18,20-23,25-28H2,1-3H3/b14-9-,24-19+/t31-/m1/s1. The van der Waals surface area contributed by atoms with E-state index in [1.165, 1.54) is 25.7 Å². The van der Waals surface area contributed by atoms with Crippen molar-refractivity contribution in [2.45, 2.75) is 149 Å². The first-order chi connectivity index (χ1) is 18.8. The lowest BCUT2D eigenvalue weighted by molar-refractivity contribution is -0.152. The van der Waals surface area contributed by atoms with Crippen molar-refractivity contribution in [1.82, 2.24) is 0 Å². The Morgan fingerprint density at radius 3 is 1.74 bits per heavy atom. The zero-order valence-corrected chi connectivity index (χ0v) is 25.3. The molecule has 0 unspecified atom stereocenters. The number of aliphatic hydroxyl groups is 1. The van der Waals surface area contributed by atoms with Crippen LogP contribution in [0.2, 0.25) is 0 Å². The van der Waals surface area contributed by atoms with Crippen molar-refractivity contribution < 1.29 is 29.0 Å². The highest BCUT2D eigenvalue weighted by molar-refractivity contribution is 5.89. The summed E-state index contributed by atoms with van der Waals surface area (Å²) in [6, 6.07) is 0. The Hall–Kier alpha value is -1.95. The molecule has 6 nitrogen and oxygen atoms in total. The molecule has 0 fully saturated rings. The lowest BCUT2D eigenvalue weighted by atomic mass is 10.0. The number of aliphatic hydroxyl groups excluding tert-OH is 1. The van der Waals surface area contributed by atoms with Crippen LogP contribution in [0.4, 0.5) is 0 Å². The van der Waals surface area contributed by atoms with Gasteiger partial charge in [0.15, 0.2) is 5.78 Å². The van der Waals surface area contributed by atoms with E-state index < -0.39 is 6.10 Å². The van der Waals surface area contributed by atoms with Crippen molar-refractivity contribution >= 4 is 17.7 Å². The maximum absolute atomic E-state index is 11.9. The van der Waals surface area contributed by atoms with Crippen LogP contribution in [0, 0.1) is 5.92 Å². The topological polar surface area (TPSA) is 89.9 Å². The number of hydrogen-bond acceptors (Lipinski definition) is 6. The summed E-state index contributed by atoms with van der Waals surface area (Å²) < 4.78 is 10.2. The summed E-state index contributed by atoms with van der Waals surface area (Å²) in [6.45, 7) is 6.35. The highest BCUT2D eigenvalue weighted by Crippen LogP contribution is 2.12. The minimum atomic E-state index is -0.985. The lowest BCUT2D eigenvalue weighted by Crippen LogP contribution is -2.25. The van der Waals surface area contributed by atoms with Crippen LogP contribution >= 0.6 is 0 Å². The molecule has 39 heavy (non-hydrogen) atoms. The fraction of sp³-hybridized carbons (Fsp3) is 0.788. The number of hydrogen-bond donors (Lipinski definition) is 1. The van der Waals surface area contributed by atoms with Gasteiger partial charge in [0.1, 0.15) is 19.3 Å². The van der Waals surface area contributed by atoms with Gasteiger partial charge in [-0.25, -0.2) is 0 Å². The number of ether oxygens (including phenoxy) is 2. The van der Waals surface area contributed by atoms with E-state index >= 15 is 0 Å². The van der Waals surface area contributed by atoms with Crippen molar-refractivity contribution in [3.63, 3.8) is 0 Å². The van der Waals surface area contributed by atoms with E-state index in [2.05, 4.69) is 26.8 Å². The number of esters is 2. The fourth-order valence-electron chi connectivity index (χ4n) is 4.13. The average molecular weight is 551 g/mol. The summed E-state index contributed by atoms with van der Waals surface area (Å²) in [5.74, 6) is 0.336. The molecule has 0 amide bonds. The molecule has 0 saturated heterocycles. The highest BCUT2D eigenvalue weighted by Gasteiger charge is 2.12. The maximum atomic E-state index is 11.9. The molecule has 0 aliphatic rings. The zero-order chi connectivity index (χ0) is 29.0. The predicted molar refractivity (Wildman–Crippen MR) is 159 cm³/mol. The molecule has 0 saturated carbocycles. The van der Waals surface area contributed by atoms with Crippen LogP contribution < -0.4 is 0 Å². The molecule has 1 atom stereocenters. The maximum Gasteiger partial charge on any atom is 0.305 e. The van der Waals surface area contributed by atoms with Gasteiger partial charge in [-0.3, -0.25) is 14.4 Å². The molecule has 0 spiro atoms. The summed E-state index contributed by atoms with van der Waals surface area (Å²) in [7, 11) is 0. The van der Waals surface area contributed by atoms with Gasteiger partial charge in [0, 0.05) is 19.3 Å². The Kier molecular flexibility index (Phi) is 26.2. The molecule has 0 aliphatic carbocycles. The molecule has 0 aliphatic heterocycles. The zero-order valence-electron chi connectivity index (χ0n) is 25.3. The molecule has 0 aromatic rings. The van der Waals surface area contributed by atoms with Gasteiger partial charge >= 0.3 is 11.9 Å². The van der Waals surface area contributed by atoms with Gasteiger partial charge in [-0.15, -0.1) is 0 Å². The third-order valence-corrected chi connectivity index (χ3v) is 6.59. The minimum Gasteiger partial charge on any atom is -0.463 e. The van der Waals surface area contributed by atoms with Gasteiger partial charge < -0.3 is 14.6 Å². The first-order valence-corrected chi connectivity index (χ1v) is 15.7. The Morgan fingerprint density at radius 2 is 1.18 bits per heavy atom. The van der Waals surface area contributed by atoms with Crippen molar-refractivity contribution in [1.29, 1.82) is 0 Å². The van der Waals surface area contributed by atoms with Gasteiger partial charge in [-0.2, -0.15) is 0 Å². The molecule has 0 bridgehead atoms. The van der Waals surface area contributed by atoms with Crippen molar-refractivity contribution in [3.05, 3.63) is 24.3 Å². The largest absolute Gasteiger partial charge is 0.463 e. The average Bonchev–Trinajstić information content (AvgIpc) is 2.90. The van der Waals surface area contributed by atoms with E-state index in [0.717, 1.165) is 83.0 Å². The molecule has 0 heterocycles. The Morgan fingerprint density at radius 1 is 0.667 bits per heavy atom. The summed E-state index contributed by atoms with van der Waals surface area (Å²) in [5, 5.41) is 9.91. The number of allylic oxidation sites excluding steroid dienone is 4. The molecular weight excluding hydrogens is 492 g/mol. The normalized spacial score (nSPS) is 12.4. The van der Waals surface area contributed by atoms with Gasteiger partial charge in [0.2, 0.25) is 0 Å². The van der Waals surface area contributed by atoms with Crippen LogP contribution in [0.5, 0.6) is 0 Å². The minimum absolute atomic E-state index is 0.138. The summed E-state index contributed by atoms with van der Waals surface area (Å²) in [4.78, 5) is 35.3. The summed E-state index contributed by atoms with van der Waals surface area (Å²) in [6.07, 6.45) is 25.1. The van der Waals surface area contributed by atoms with Gasteiger partial charge in [0.05, 0.1) is 0 Å². The quantitative estimate of drug-likeness (QED) is 0.0480. The first-order valence-electron chi connectivity index (χ1n) is 15.7. The monoisotopic (exact) mass is 550 g/mol. The van der Waals surface area contributed by atoms with E-state index in [0.29, 0.717) is 19.3 Å². The predicted octanol–water partition coefficient (Wildman–Crippen LogP) is 8.20.